The van der Waals surface area contributed by atoms with Crippen LogP contribution in [0.3, 0.4) is 0 Å². The Balaban J connectivity index is 2.31. The second kappa shape index (κ2) is 5.64. The van der Waals surface area contributed by atoms with Gasteiger partial charge >= 0.3 is 0 Å². The first-order valence-electron chi connectivity index (χ1n) is 5.67. The summed E-state index contributed by atoms with van der Waals surface area (Å²) in [7, 11) is 3.88. The normalized spacial score (nSPS) is 10.3. The molecule has 2 aromatic rings. The van der Waals surface area contributed by atoms with Crippen LogP contribution in [0, 0.1) is 9.39 Å². The van der Waals surface area contributed by atoms with Crippen molar-refractivity contribution in [3.8, 4) is 11.5 Å². The second-order valence-corrected chi connectivity index (χ2v) is 5.46. The quantitative estimate of drug-likeness (QED) is 0.657. The van der Waals surface area contributed by atoms with Gasteiger partial charge in [0.2, 0.25) is 0 Å². The number of ether oxygens (including phenoxy) is 1. The van der Waals surface area contributed by atoms with E-state index < -0.39 is 0 Å². The number of rotatable bonds is 3. The van der Waals surface area contributed by atoms with Gasteiger partial charge in [-0.05, 0) is 40.8 Å². The zero-order chi connectivity index (χ0) is 14.0. The summed E-state index contributed by atoms with van der Waals surface area (Å²) < 4.78 is 19.6. The summed E-state index contributed by atoms with van der Waals surface area (Å²) in [5, 5.41) is 0. The summed E-state index contributed by atoms with van der Waals surface area (Å²) in [6, 6.07) is 10.4. The smallest absolute Gasteiger partial charge is 0.153 e. The number of anilines is 2. The Morgan fingerprint density at radius 3 is 2.63 bits per heavy atom. The second-order valence-electron chi connectivity index (χ2n) is 4.30. The Morgan fingerprint density at radius 2 is 1.95 bits per heavy atom. The van der Waals surface area contributed by atoms with Crippen molar-refractivity contribution in [1.29, 1.82) is 0 Å². The van der Waals surface area contributed by atoms with E-state index in [2.05, 4.69) is 0 Å². The lowest BCUT2D eigenvalue weighted by molar-refractivity contribution is 0.478. The Labute approximate surface area is 125 Å². The molecule has 0 heterocycles. The molecule has 0 aliphatic carbocycles. The van der Waals surface area contributed by atoms with E-state index in [1.54, 1.807) is 6.07 Å². The fourth-order valence-electron chi connectivity index (χ4n) is 1.58. The molecule has 2 rings (SSSR count). The molecule has 0 bridgehead atoms. The number of benzene rings is 2. The maximum Gasteiger partial charge on any atom is 0.153 e. The van der Waals surface area contributed by atoms with Crippen molar-refractivity contribution in [3.63, 3.8) is 0 Å². The number of nitrogens with zero attached hydrogens (tertiary/aromatic N) is 1. The van der Waals surface area contributed by atoms with E-state index in [9.17, 15) is 4.39 Å². The van der Waals surface area contributed by atoms with Crippen LogP contribution in [-0.4, -0.2) is 14.1 Å². The van der Waals surface area contributed by atoms with E-state index in [0.29, 0.717) is 20.8 Å². The first kappa shape index (κ1) is 13.9. The van der Waals surface area contributed by atoms with Crippen molar-refractivity contribution in [3.05, 3.63) is 45.8 Å². The Bertz CT molecular complexity index is 602. The van der Waals surface area contributed by atoms with Crippen LogP contribution in [0.2, 0.25) is 0 Å². The molecule has 5 heteroatoms. The topological polar surface area (TPSA) is 38.5 Å². The van der Waals surface area contributed by atoms with Crippen LogP contribution in [0.1, 0.15) is 0 Å². The molecule has 100 valence electrons. The summed E-state index contributed by atoms with van der Waals surface area (Å²) in [6.45, 7) is 0. The minimum atomic E-state index is -0.339. The van der Waals surface area contributed by atoms with Crippen LogP contribution in [0.15, 0.2) is 36.4 Å². The number of nitrogens with two attached hydrogens (primary N) is 1. The third-order valence-electron chi connectivity index (χ3n) is 2.61. The van der Waals surface area contributed by atoms with E-state index in [0.717, 1.165) is 5.69 Å². The van der Waals surface area contributed by atoms with Gasteiger partial charge in [0.1, 0.15) is 11.6 Å². The molecule has 0 unspecified atom stereocenters. The minimum absolute atomic E-state index is 0.328. The highest BCUT2D eigenvalue weighted by atomic mass is 127. The van der Waals surface area contributed by atoms with Crippen molar-refractivity contribution in [2.45, 2.75) is 0 Å². The van der Waals surface area contributed by atoms with Crippen molar-refractivity contribution >= 4 is 34.0 Å². The molecule has 0 saturated heterocycles. The third kappa shape index (κ3) is 3.28. The van der Waals surface area contributed by atoms with Gasteiger partial charge in [-0.15, -0.1) is 0 Å². The van der Waals surface area contributed by atoms with Gasteiger partial charge < -0.3 is 15.4 Å². The largest absolute Gasteiger partial charge is 0.455 e. The first-order chi connectivity index (χ1) is 8.97. The van der Waals surface area contributed by atoms with Crippen LogP contribution in [0.25, 0.3) is 0 Å². The van der Waals surface area contributed by atoms with Gasteiger partial charge in [0.05, 0.1) is 9.26 Å². The number of hydrogen-bond acceptors (Lipinski definition) is 3. The molecular formula is C14H14FIN2O. The standard InChI is InChI=1S/C14H14FIN2O/c1-18(2)9-4-3-5-10(6-9)19-14-7-11(15)12(16)8-13(14)17/h3-8H,17H2,1-2H3. The van der Waals surface area contributed by atoms with E-state index in [1.165, 1.54) is 6.07 Å². The Kier molecular flexibility index (Phi) is 4.14. The molecule has 3 nitrogen and oxygen atoms in total. The fraction of sp³-hybridized carbons (Fsp3) is 0.143. The highest BCUT2D eigenvalue weighted by Gasteiger charge is 2.08. The van der Waals surface area contributed by atoms with Gasteiger partial charge in [0.15, 0.2) is 5.75 Å². The van der Waals surface area contributed by atoms with Crippen LogP contribution < -0.4 is 15.4 Å². The SMILES string of the molecule is CN(C)c1cccc(Oc2cc(F)c(I)cc2N)c1. The summed E-state index contributed by atoms with van der Waals surface area (Å²) in [6.07, 6.45) is 0. The number of nitrogen functional groups attached to an aromatic ring is 1. The predicted molar refractivity (Wildman–Crippen MR) is 84.4 cm³/mol. The van der Waals surface area contributed by atoms with E-state index in [1.807, 2.05) is 65.9 Å². The lowest BCUT2D eigenvalue weighted by Gasteiger charge is -2.14. The van der Waals surface area contributed by atoms with Crippen LogP contribution in [0.4, 0.5) is 15.8 Å². The average Bonchev–Trinajstić information content (AvgIpc) is 2.36. The molecule has 0 atom stereocenters. The van der Waals surface area contributed by atoms with Crippen molar-refractivity contribution in [2.75, 3.05) is 24.7 Å². The average molecular weight is 372 g/mol. The highest BCUT2D eigenvalue weighted by molar-refractivity contribution is 14.1. The summed E-state index contributed by atoms with van der Waals surface area (Å²) in [5.74, 6) is 0.612. The number of hydrogen-bond donors (Lipinski definition) is 1. The van der Waals surface area contributed by atoms with Crippen molar-refractivity contribution in [2.24, 2.45) is 0 Å². The molecule has 0 aliphatic heterocycles. The van der Waals surface area contributed by atoms with E-state index >= 15 is 0 Å². The van der Waals surface area contributed by atoms with Gasteiger partial charge in [-0.1, -0.05) is 6.07 Å². The lowest BCUT2D eigenvalue weighted by atomic mass is 10.2. The molecular weight excluding hydrogens is 358 g/mol. The molecule has 0 saturated carbocycles. The fourth-order valence-corrected chi connectivity index (χ4v) is 2.08. The lowest BCUT2D eigenvalue weighted by Crippen LogP contribution is -2.08. The maximum absolute atomic E-state index is 13.5. The molecule has 0 radical (unpaired) electrons. The predicted octanol–water partition coefficient (Wildman–Crippen LogP) is 3.87. The minimum Gasteiger partial charge on any atom is -0.455 e. The van der Waals surface area contributed by atoms with Crippen LogP contribution in [-0.2, 0) is 0 Å². The molecule has 2 aromatic carbocycles. The molecule has 0 spiro atoms. The molecule has 0 fully saturated rings. The summed E-state index contributed by atoms with van der Waals surface area (Å²) in [5.41, 5.74) is 7.25. The number of halogens is 2. The Hall–Kier alpha value is -1.50. The van der Waals surface area contributed by atoms with Crippen LogP contribution in [0.5, 0.6) is 11.5 Å². The van der Waals surface area contributed by atoms with E-state index in [-0.39, 0.29) is 5.82 Å². The Morgan fingerprint density at radius 1 is 1.21 bits per heavy atom. The van der Waals surface area contributed by atoms with Gasteiger partial charge in [0, 0.05) is 31.9 Å². The van der Waals surface area contributed by atoms with Gasteiger partial charge in [-0.3, -0.25) is 0 Å². The molecule has 0 amide bonds. The third-order valence-corrected chi connectivity index (χ3v) is 3.44. The van der Waals surface area contributed by atoms with Crippen molar-refractivity contribution in [1.82, 2.24) is 0 Å². The summed E-state index contributed by atoms with van der Waals surface area (Å²) >= 11 is 1.89. The van der Waals surface area contributed by atoms with Gasteiger partial charge in [-0.2, -0.15) is 0 Å². The maximum atomic E-state index is 13.5. The van der Waals surface area contributed by atoms with Crippen LogP contribution >= 0.6 is 22.6 Å². The van der Waals surface area contributed by atoms with Gasteiger partial charge in [0.25, 0.3) is 0 Å². The van der Waals surface area contributed by atoms with Crippen molar-refractivity contribution < 1.29 is 9.13 Å². The first-order valence-corrected chi connectivity index (χ1v) is 6.75. The summed E-state index contributed by atoms with van der Waals surface area (Å²) in [4.78, 5) is 1.96. The monoisotopic (exact) mass is 372 g/mol. The van der Waals surface area contributed by atoms with E-state index in [4.69, 9.17) is 10.5 Å². The molecule has 0 aromatic heterocycles. The molecule has 2 N–H and O–H groups in total. The zero-order valence-corrected chi connectivity index (χ0v) is 12.8. The zero-order valence-electron chi connectivity index (χ0n) is 10.7. The molecule has 0 aliphatic rings. The van der Waals surface area contributed by atoms with Gasteiger partial charge in [-0.25, -0.2) is 4.39 Å². The molecule has 19 heavy (non-hydrogen) atoms. The highest BCUT2D eigenvalue weighted by Crippen LogP contribution is 2.31.